The highest BCUT2D eigenvalue weighted by atomic mass is 16.4. The van der Waals surface area contributed by atoms with Crippen molar-refractivity contribution >= 4 is 27.6 Å². The summed E-state index contributed by atoms with van der Waals surface area (Å²) in [5.41, 5.74) is 6.47. The van der Waals surface area contributed by atoms with Crippen LogP contribution in [-0.4, -0.2) is 25.5 Å². The van der Waals surface area contributed by atoms with Gasteiger partial charge in [0, 0.05) is 5.56 Å². The zero-order chi connectivity index (χ0) is 29.1. The predicted octanol–water partition coefficient (Wildman–Crippen LogP) is 8.73. The number of aromatic hydroxyl groups is 5. The molecular weight excluding hydrogens is 524 g/mol. The average molecular weight is 553 g/mol. The molecule has 6 aromatic carbocycles. The number of hydrogen-bond donors (Lipinski definition) is 5. The number of hydrogen-bond acceptors (Lipinski definition) is 5. The van der Waals surface area contributed by atoms with Crippen molar-refractivity contribution in [2.45, 2.75) is 13.3 Å². The first-order valence-corrected chi connectivity index (χ1v) is 13.9. The largest absolute Gasteiger partial charge is 0.504 e. The second-order valence-electron chi connectivity index (χ2n) is 11.0. The van der Waals surface area contributed by atoms with Crippen molar-refractivity contribution in [3.63, 3.8) is 0 Å². The Bertz CT molecular complexity index is 2040. The molecule has 1 aliphatic rings. The minimum atomic E-state index is -0.969. The molecule has 7 rings (SSSR count). The fourth-order valence-electron chi connectivity index (χ4n) is 6.28. The van der Waals surface area contributed by atoms with Gasteiger partial charge in [0.25, 0.3) is 0 Å². The monoisotopic (exact) mass is 552 g/mol. The van der Waals surface area contributed by atoms with Crippen LogP contribution in [0.25, 0.3) is 61.0 Å². The predicted molar refractivity (Wildman–Crippen MR) is 168 cm³/mol. The third-order valence-electron chi connectivity index (χ3n) is 8.36. The number of allylic oxidation sites excluding steroid dienone is 1. The summed E-state index contributed by atoms with van der Waals surface area (Å²) in [4.78, 5) is 0. The molecule has 206 valence electrons. The van der Waals surface area contributed by atoms with Gasteiger partial charge in [-0.15, -0.1) is 0 Å². The van der Waals surface area contributed by atoms with E-state index in [0.29, 0.717) is 12.0 Å². The van der Waals surface area contributed by atoms with E-state index in [0.717, 1.165) is 44.2 Å². The molecule has 0 aromatic heterocycles. The second-order valence-corrected chi connectivity index (χ2v) is 11.0. The molecule has 0 fully saturated rings. The molecule has 0 bridgehead atoms. The van der Waals surface area contributed by atoms with Crippen molar-refractivity contribution in [1.29, 1.82) is 0 Å². The number of phenolic OH excluding ortho intramolecular Hbond substituents is 5. The van der Waals surface area contributed by atoms with Crippen molar-refractivity contribution in [3.8, 4) is 62.1 Å². The highest BCUT2D eigenvalue weighted by molar-refractivity contribution is 6.12. The van der Waals surface area contributed by atoms with Crippen LogP contribution in [0.15, 0.2) is 97.1 Å². The van der Waals surface area contributed by atoms with Crippen LogP contribution < -0.4 is 0 Å². The molecule has 0 saturated carbocycles. The fourth-order valence-corrected chi connectivity index (χ4v) is 6.28. The summed E-state index contributed by atoms with van der Waals surface area (Å²) in [7, 11) is 0. The molecule has 0 heterocycles. The number of benzene rings is 6. The van der Waals surface area contributed by atoms with E-state index in [2.05, 4.69) is 73.7 Å². The molecule has 0 spiro atoms. The van der Waals surface area contributed by atoms with Crippen LogP contribution in [0.5, 0.6) is 28.7 Å². The Morgan fingerprint density at radius 3 is 1.76 bits per heavy atom. The molecule has 1 unspecified atom stereocenters. The summed E-state index contributed by atoms with van der Waals surface area (Å²) in [5.74, 6) is -3.95. The Morgan fingerprint density at radius 2 is 1.07 bits per heavy atom. The lowest BCUT2D eigenvalue weighted by molar-refractivity contribution is 0.330. The first kappa shape index (κ1) is 25.5. The van der Waals surface area contributed by atoms with Gasteiger partial charge in [-0.3, -0.25) is 0 Å². The molecule has 0 saturated heterocycles. The summed E-state index contributed by atoms with van der Waals surface area (Å²) < 4.78 is 0. The zero-order valence-corrected chi connectivity index (χ0v) is 22.8. The van der Waals surface area contributed by atoms with Gasteiger partial charge in [-0.05, 0) is 73.3 Å². The summed E-state index contributed by atoms with van der Waals surface area (Å²) in [6, 6.07) is 31.0. The molecule has 1 aliphatic carbocycles. The quantitative estimate of drug-likeness (QED) is 0.112. The van der Waals surface area contributed by atoms with Crippen molar-refractivity contribution in [2.75, 3.05) is 0 Å². The van der Waals surface area contributed by atoms with Gasteiger partial charge in [0.2, 0.25) is 17.2 Å². The van der Waals surface area contributed by atoms with Crippen LogP contribution in [0.4, 0.5) is 0 Å². The van der Waals surface area contributed by atoms with Crippen molar-refractivity contribution in [1.82, 2.24) is 0 Å². The lowest BCUT2D eigenvalue weighted by Crippen LogP contribution is -2.08. The topological polar surface area (TPSA) is 101 Å². The SMILES string of the molecule is CC1C=Cc2c(c(-c3c(O)c(O)c(O)c(O)c3O)c3ccccc3c2-c2ccc(-c3ccc4ccccc4c3)cc2)C1. The molecule has 0 radical (unpaired) electrons. The van der Waals surface area contributed by atoms with E-state index < -0.39 is 28.7 Å². The van der Waals surface area contributed by atoms with Gasteiger partial charge in [-0.25, -0.2) is 0 Å². The minimum absolute atomic E-state index is 0.115. The summed E-state index contributed by atoms with van der Waals surface area (Å²) in [6.45, 7) is 2.09. The standard InChI is InChI=1S/C37H28O5/c1-20-10-17-28-29(18-20)31(32-33(38)35(40)37(42)36(41)34(32)39)27-9-5-4-8-26(27)30(28)23-14-11-22(12-15-23)25-16-13-21-6-2-3-7-24(21)19-25/h2-17,19-20,38-42H,18H2,1H3. The third-order valence-corrected chi connectivity index (χ3v) is 8.36. The van der Waals surface area contributed by atoms with Crippen LogP contribution in [0.3, 0.4) is 0 Å². The van der Waals surface area contributed by atoms with E-state index in [-0.39, 0.29) is 11.5 Å². The molecular formula is C37H28O5. The summed E-state index contributed by atoms with van der Waals surface area (Å²) >= 11 is 0. The Balaban J connectivity index is 1.47. The Morgan fingerprint density at radius 1 is 0.524 bits per heavy atom. The van der Waals surface area contributed by atoms with Crippen molar-refractivity contribution < 1.29 is 25.5 Å². The summed E-state index contributed by atoms with van der Waals surface area (Å²) in [5, 5.41) is 56.8. The van der Waals surface area contributed by atoms with Crippen LogP contribution in [0, 0.1) is 5.92 Å². The molecule has 6 aromatic rings. The highest BCUT2D eigenvalue weighted by Crippen LogP contribution is 2.58. The fraction of sp³-hybridized carbons (Fsp3) is 0.0811. The van der Waals surface area contributed by atoms with Crippen LogP contribution in [0.1, 0.15) is 18.1 Å². The molecule has 5 N–H and O–H groups in total. The van der Waals surface area contributed by atoms with E-state index in [9.17, 15) is 25.5 Å². The maximum Gasteiger partial charge on any atom is 0.208 e. The Hall–Kier alpha value is -5.42. The van der Waals surface area contributed by atoms with E-state index in [1.54, 1.807) is 0 Å². The highest BCUT2D eigenvalue weighted by Gasteiger charge is 2.30. The van der Waals surface area contributed by atoms with Crippen LogP contribution in [-0.2, 0) is 6.42 Å². The smallest absolute Gasteiger partial charge is 0.208 e. The van der Waals surface area contributed by atoms with E-state index in [1.807, 2.05) is 36.4 Å². The van der Waals surface area contributed by atoms with Crippen LogP contribution >= 0.6 is 0 Å². The number of phenols is 5. The Labute approximate surface area is 242 Å². The van der Waals surface area contributed by atoms with Gasteiger partial charge in [-0.1, -0.05) is 104 Å². The lowest BCUT2D eigenvalue weighted by atomic mass is 9.77. The maximum atomic E-state index is 11.0. The molecule has 42 heavy (non-hydrogen) atoms. The van der Waals surface area contributed by atoms with E-state index >= 15 is 0 Å². The lowest BCUT2D eigenvalue weighted by Gasteiger charge is -2.26. The molecule has 5 heteroatoms. The normalized spacial score (nSPS) is 14.4. The first-order chi connectivity index (χ1) is 20.3. The van der Waals surface area contributed by atoms with Gasteiger partial charge in [0.15, 0.2) is 11.5 Å². The van der Waals surface area contributed by atoms with Gasteiger partial charge in [0.05, 0.1) is 5.56 Å². The van der Waals surface area contributed by atoms with Crippen molar-refractivity contribution in [3.05, 3.63) is 108 Å². The molecule has 1 atom stereocenters. The Kier molecular flexibility index (Phi) is 5.84. The van der Waals surface area contributed by atoms with Gasteiger partial charge >= 0.3 is 0 Å². The third kappa shape index (κ3) is 3.85. The van der Waals surface area contributed by atoms with E-state index in [1.165, 1.54) is 10.8 Å². The zero-order valence-electron chi connectivity index (χ0n) is 22.8. The molecule has 5 nitrogen and oxygen atoms in total. The molecule has 0 aliphatic heterocycles. The van der Waals surface area contributed by atoms with E-state index in [4.69, 9.17) is 0 Å². The minimum Gasteiger partial charge on any atom is -0.504 e. The average Bonchev–Trinajstić information content (AvgIpc) is 3.02. The van der Waals surface area contributed by atoms with Crippen LogP contribution in [0.2, 0.25) is 0 Å². The number of rotatable bonds is 3. The summed E-state index contributed by atoms with van der Waals surface area (Å²) in [6.07, 6.45) is 4.81. The van der Waals surface area contributed by atoms with Gasteiger partial charge in [0.1, 0.15) is 0 Å². The molecule has 0 amide bonds. The first-order valence-electron chi connectivity index (χ1n) is 13.9. The second kappa shape index (κ2) is 9.60. The maximum absolute atomic E-state index is 11.0. The number of fused-ring (bicyclic) bond motifs is 3. The van der Waals surface area contributed by atoms with Gasteiger partial charge in [-0.2, -0.15) is 0 Å². The van der Waals surface area contributed by atoms with Crippen molar-refractivity contribution in [2.24, 2.45) is 5.92 Å². The van der Waals surface area contributed by atoms with Gasteiger partial charge < -0.3 is 25.5 Å².